The van der Waals surface area contributed by atoms with E-state index in [1.165, 1.54) is 11.1 Å². The van der Waals surface area contributed by atoms with E-state index in [1.54, 1.807) is 11.3 Å². The molecule has 1 aromatic carbocycles. The van der Waals surface area contributed by atoms with Crippen LogP contribution in [-0.2, 0) is 0 Å². The Kier molecular flexibility index (Phi) is 5.28. The smallest absolute Gasteiger partial charge is 0.161 e. The first-order valence-corrected chi connectivity index (χ1v) is 8.17. The summed E-state index contributed by atoms with van der Waals surface area (Å²) in [4.78, 5) is 0.189. The van der Waals surface area contributed by atoms with E-state index in [2.05, 4.69) is 38.8 Å². The molecule has 4 heteroatoms. The van der Waals surface area contributed by atoms with Crippen molar-refractivity contribution < 1.29 is 9.47 Å². The molecule has 0 bridgehead atoms. The minimum Gasteiger partial charge on any atom is -0.490 e. The van der Waals surface area contributed by atoms with E-state index >= 15 is 0 Å². The van der Waals surface area contributed by atoms with E-state index in [1.807, 2.05) is 26.0 Å². The number of ether oxygens (including phenoxy) is 2. The fourth-order valence-electron chi connectivity index (χ4n) is 1.84. The van der Waals surface area contributed by atoms with Gasteiger partial charge in [0.15, 0.2) is 11.5 Å². The van der Waals surface area contributed by atoms with Crippen LogP contribution in [0.2, 0.25) is 0 Å². The lowest BCUT2D eigenvalue weighted by Crippen LogP contribution is -2.00. The fourth-order valence-corrected chi connectivity index (χ4v) is 3.27. The van der Waals surface area contributed by atoms with Gasteiger partial charge in [-0.25, -0.2) is 0 Å². The number of halogens is 1. The average molecular weight is 341 g/mol. The molecule has 1 atom stereocenters. The summed E-state index contributed by atoms with van der Waals surface area (Å²) in [6, 6.07) is 8.22. The first kappa shape index (κ1) is 14.4. The van der Waals surface area contributed by atoms with Crippen LogP contribution in [0.15, 0.2) is 35.0 Å². The van der Waals surface area contributed by atoms with Crippen LogP contribution < -0.4 is 9.47 Å². The van der Waals surface area contributed by atoms with E-state index in [4.69, 9.17) is 9.47 Å². The van der Waals surface area contributed by atoms with Crippen LogP contribution in [0.4, 0.5) is 0 Å². The number of benzene rings is 1. The number of rotatable bonds is 6. The summed E-state index contributed by atoms with van der Waals surface area (Å²) in [7, 11) is 0. The van der Waals surface area contributed by atoms with Gasteiger partial charge in [0.2, 0.25) is 0 Å². The van der Waals surface area contributed by atoms with Gasteiger partial charge in [0.1, 0.15) is 0 Å². The Morgan fingerprint density at radius 1 is 1.05 bits per heavy atom. The Morgan fingerprint density at radius 2 is 1.79 bits per heavy atom. The van der Waals surface area contributed by atoms with Gasteiger partial charge < -0.3 is 9.47 Å². The molecule has 0 saturated carbocycles. The summed E-state index contributed by atoms with van der Waals surface area (Å²) >= 11 is 5.43. The molecule has 0 saturated heterocycles. The zero-order valence-corrected chi connectivity index (χ0v) is 13.5. The van der Waals surface area contributed by atoms with Crippen molar-refractivity contribution >= 4 is 27.3 Å². The fraction of sp³-hybridized carbons (Fsp3) is 0.333. The first-order valence-electron chi connectivity index (χ1n) is 6.32. The van der Waals surface area contributed by atoms with Crippen LogP contribution >= 0.6 is 27.3 Å². The number of thiophene rings is 1. The minimum atomic E-state index is 0.189. The van der Waals surface area contributed by atoms with E-state index in [0.717, 1.165) is 11.5 Å². The molecule has 19 heavy (non-hydrogen) atoms. The Morgan fingerprint density at radius 3 is 2.42 bits per heavy atom. The highest BCUT2D eigenvalue weighted by Crippen LogP contribution is 2.37. The molecule has 2 rings (SSSR count). The quantitative estimate of drug-likeness (QED) is 0.686. The van der Waals surface area contributed by atoms with Crippen LogP contribution in [0.25, 0.3) is 0 Å². The van der Waals surface area contributed by atoms with Crippen molar-refractivity contribution in [3.63, 3.8) is 0 Å². The number of hydrogen-bond donors (Lipinski definition) is 0. The molecule has 0 aliphatic rings. The Hall–Kier alpha value is -1.00. The van der Waals surface area contributed by atoms with Gasteiger partial charge in [-0.05, 0) is 53.9 Å². The second kappa shape index (κ2) is 6.96. The van der Waals surface area contributed by atoms with E-state index < -0.39 is 0 Å². The molecule has 102 valence electrons. The average Bonchev–Trinajstić information content (AvgIpc) is 2.94. The van der Waals surface area contributed by atoms with Crippen molar-refractivity contribution in [3.8, 4) is 11.5 Å². The molecule has 0 aliphatic heterocycles. The normalized spacial score (nSPS) is 12.2. The summed E-state index contributed by atoms with van der Waals surface area (Å²) < 4.78 is 11.2. The standard InChI is InChI=1S/C15H17BrO2S/c1-3-17-13-6-5-11(9-14(13)18-4-2)15(16)12-7-8-19-10-12/h5-10,15H,3-4H2,1-2H3. The predicted molar refractivity (Wildman–Crippen MR) is 83.9 cm³/mol. The molecule has 1 aromatic heterocycles. The minimum absolute atomic E-state index is 0.189. The van der Waals surface area contributed by atoms with Crippen molar-refractivity contribution in [3.05, 3.63) is 46.2 Å². The SMILES string of the molecule is CCOc1ccc(C(Br)c2ccsc2)cc1OCC. The first-order chi connectivity index (χ1) is 9.26. The molecular weight excluding hydrogens is 324 g/mol. The van der Waals surface area contributed by atoms with Gasteiger partial charge in [0, 0.05) is 0 Å². The summed E-state index contributed by atoms with van der Waals surface area (Å²) in [6.07, 6.45) is 0. The number of alkyl halides is 1. The lowest BCUT2D eigenvalue weighted by Gasteiger charge is -2.14. The van der Waals surface area contributed by atoms with E-state index in [9.17, 15) is 0 Å². The summed E-state index contributed by atoms with van der Waals surface area (Å²) in [5.41, 5.74) is 2.43. The highest BCUT2D eigenvalue weighted by Gasteiger charge is 2.14. The molecule has 0 fully saturated rings. The van der Waals surface area contributed by atoms with Crippen molar-refractivity contribution in [2.75, 3.05) is 13.2 Å². The third-order valence-electron chi connectivity index (χ3n) is 2.70. The van der Waals surface area contributed by atoms with Gasteiger partial charge in [-0.2, -0.15) is 11.3 Å². The largest absolute Gasteiger partial charge is 0.490 e. The maximum absolute atomic E-state index is 5.65. The van der Waals surface area contributed by atoms with Gasteiger partial charge >= 0.3 is 0 Å². The lowest BCUT2D eigenvalue weighted by atomic mass is 10.1. The van der Waals surface area contributed by atoms with Crippen molar-refractivity contribution in [2.45, 2.75) is 18.7 Å². The molecule has 0 aliphatic carbocycles. The zero-order chi connectivity index (χ0) is 13.7. The molecule has 2 nitrogen and oxygen atoms in total. The van der Waals surface area contributed by atoms with Gasteiger partial charge in [-0.1, -0.05) is 22.0 Å². The predicted octanol–water partition coefficient (Wildman–Crippen LogP) is 5.03. The highest BCUT2D eigenvalue weighted by atomic mass is 79.9. The maximum Gasteiger partial charge on any atom is 0.161 e. The molecule has 1 unspecified atom stereocenters. The molecule has 0 spiro atoms. The van der Waals surface area contributed by atoms with Crippen LogP contribution in [0.1, 0.15) is 29.8 Å². The van der Waals surface area contributed by atoms with Gasteiger partial charge in [0.25, 0.3) is 0 Å². The van der Waals surface area contributed by atoms with Gasteiger partial charge in [-0.3, -0.25) is 0 Å². The third-order valence-corrected chi connectivity index (χ3v) is 4.45. The molecule has 0 N–H and O–H groups in total. The molecule has 0 amide bonds. The Bertz CT molecular complexity index is 511. The maximum atomic E-state index is 5.65. The van der Waals surface area contributed by atoms with Crippen LogP contribution in [0, 0.1) is 0 Å². The lowest BCUT2D eigenvalue weighted by molar-refractivity contribution is 0.287. The van der Waals surface area contributed by atoms with Crippen LogP contribution in [0.5, 0.6) is 11.5 Å². The highest BCUT2D eigenvalue weighted by molar-refractivity contribution is 9.09. The van der Waals surface area contributed by atoms with Gasteiger partial charge in [0.05, 0.1) is 18.0 Å². The van der Waals surface area contributed by atoms with E-state index in [0.29, 0.717) is 13.2 Å². The summed E-state index contributed by atoms with van der Waals surface area (Å²) in [6.45, 7) is 5.23. The summed E-state index contributed by atoms with van der Waals surface area (Å²) in [5.74, 6) is 1.61. The summed E-state index contributed by atoms with van der Waals surface area (Å²) in [5, 5.41) is 4.23. The number of hydrogen-bond acceptors (Lipinski definition) is 3. The van der Waals surface area contributed by atoms with Crippen molar-refractivity contribution in [1.82, 2.24) is 0 Å². The molecule has 2 aromatic rings. The zero-order valence-electron chi connectivity index (χ0n) is 11.1. The third kappa shape index (κ3) is 3.51. The van der Waals surface area contributed by atoms with Crippen LogP contribution in [0.3, 0.4) is 0 Å². The molecular formula is C15H17BrO2S. The van der Waals surface area contributed by atoms with Crippen molar-refractivity contribution in [2.24, 2.45) is 0 Å². The second-order valence-electron chi connectivity index (χ2n) is 3.99. The Balaban J connectivity index is 2.29. The molecule has 1 heterocycles. The second-order valence-corrected chi connectivity index (χ2v) is 5.69. The van der Waals surface area contributed by atoms with E-state index in [-0.39, 0.29) is 4.83 Å². The van der Waals surface area contributed by atoms with Crippen molar-refractivity contribution in [1.29, 1.82) is 0 Å². The van der Waals surface area contributed by atoms with Crippen LogP contribution in [-0.4, -0.2) is 13.2 Å². The van der Waals surface area contributed by atoms with Gasteiger partial charge in [-0.15, -0.1) is 0 Å². The topological polar surface area (TPSA) is 18.5 Å². The molecule has 0 radical (unpaired) electrons. The Labute approximate surface area is 126 Å². The monoisotopic (exact) mass is 340 g/mol.